The molecule has 0 saturated carbocycles. The molecule has 0 atom stereocenters. The van der Waals surface area contributed by atoms with Crippen LogP contribution in [0.4, 0.5) is 0 Å². The van der Waals surface area contributed by atoms with E-state index in [9.17, 15) is 0 Å². The van der Waals surface area contributed by atoms with Crippen molar-refractivity contribution >= 4 is 9.05 Å². The zero-order chi connectivity index (χ0) is 7.33. The first-order valence-electron chi connectivity index (χ1n) is 2.24. The predicted octanol–water partition coefficient (Wildman–Crippen LogP) is -2.11. The van der Waals surface area contributed by atoms with Gasteiger partial charge in [0.15, 0.2) is 0 Å². The summed E-state index contributed by atoms with van der Waals surface area (Å²) < 4.78 is 4.11. The zero-order valence-corrected chi connectivity index (χ0v) is 5.69. The van der Waals surface area contributed by atoms with E-state index in [1.165, 1.54) is 12.3 Å². The van der Waals surface area contributed by atoms with Crippen molar-refractivity contribution in [1.29, 1.82) is 0 Å². The second-order valence-electron chi connectivity index (χ2n) is 1.31. The van der Waals surface area contributed by atoms with E-state index in [4.69, 9.17) is 20.1 Å². The second-order valence-corrected chi connectivity index (χ2v) is 2.75. The van der Waals surface area contributed by atoms with Gasteiger partial charge in [0.25, 0.3) is 0 Å². The zero-order valence-electron chi connectivity index (χ0n) is 4.69. The van der Waals surface area contributed by atoms with Gasteiger partial charge in [-0.15, -0.1) is 0 Å². The van der Waals surface area contributed by atoms with Crippen molar-refractivity contribution < 1.29 is 18.8 Å². The summed E-state index contributed by atoms with van der Waals surface area (Å²) in [6.45, 7) is -0.0910. The van der Waals surface area contributed by atoms with Gasteiger partial charge in [-0.05, 0) is 12.3 Å². The molecular weight excluding hydrogens is 142 g/mol. The van der Waals surface area contributed by atoms with Crippen LogP contribution in [0.25, 0.3) is 0 Å². The van der Waals surface area contributed by atoms with Gasteiger partial charge < -0.3 is 24.5 Å². The van der Waals surface area contributed by atoms with Crippen molar-refractivity contribution in [3.05, 3.63) is 12.3 Å². The van der Waals surface area contributed by atoms with Crippen molar-refractivity contribution in [3.63, 3.8) is 0 Å². The summed E-state index contributed by atoms with van der Waals surface area (Å²) in [5.74, 6) is 0. The van der Waals surface area contributed by atoms with Gasteiger partial charge in [-0.1, -0.05) is 0 Å². The third kappa shape index (κ3) is 7.60. The molecule has 0 saturated heterocycles. The Morgan fingerprint density at radius 3 is 2.33 bits per heavy atom. The Bertz CT molecular complexity index is 98.5. The predicted molar refractivity (Wildman–Crippen MR) is 31.7 cm³/mol. The molecule has 0 aliphatic heterocycles. The summed E-state index contributed by atoms with van der Waals surface area (Å²) in [5, 5.41) is 0. The minimum absolute atomic E-state index is 0.0910. The minimum atomic E-state index is -4.30. The second kappa shape index (κ2) is 3.59. The molecule has 0 radical (unpaired) electrons. The Hall–Kier alpha value is -0.403. The average Bonchev–Trinajstić information content (AvgIpc) is 1.63. The molecule has 9 heavy (non-hydrogen) atoms. The largest absolute Gasteiger partial charge is 0.671 e. The molecule has 0 aromatic heterocycles. The first-order chi connectivity index (χ1) is 4.06. The van der Waals surface area contributed by atoms with Crippen molar-refractivity contribution in [3.8, 4) is 0 Å². The van der Waals surface area contributed by atoms with E-state index in [2.05, 4.69) is 4.43 Å². The Balaban J connectivity index is 3.28. The fourth-order valence-electron chi connectivity index (χ4n) is 0.215. The summed E-state index contributed by atoms with van der Waals surface area (Å²) in [6.07, 6.45) is 2.52. The van der Waals surface area contributed by atoms with E-state index >= 15 is 0 Å². The highest BCUT2D eigenvalue weighted by molar-refractivity contribution is 6.48. The van der Waals surface area contributed by atoms with Gasteiger partial charge in [-0.3, -0.25) is 0 Å². The molecule has 0 heterocycles. The van der Waals surface area contributed by atoms with E-state index < -0.39 is 9.05 Å². The lowest BCUT2D eigenvalue weighted by Crippen LogP contribution is -2.38. The number of rotatable bonds is 3. The molecule has 54 valence electrons. The first kappa shape index (κ1) is 8.60. The highest BCUT2D eigenvalue weighted by Gasteiger charge is 2.29. The maximum Gasteiger partial charge on any atom is 0.671 e. The lowest BCUT2D eigenvalue weighted by molar-refractivity contribution is 0.0745. The van der Waals surface area contributed by atoms with Gasteiger partial charge in [0.05, 0.1) is 6.61 Å². The van der Waals surface area contributed by atoms with Gasteiger partial charge in [0, 0.05) is 0 Å². The van der Waals surface area contributed by atoms with Gasteiger partial charge in [0.2, 0.25) is 0 Å². The molecule has 0 amide bonds. The Kier molecular flexibility index (Phi) is 3.43. The fraction of sp³-hybridized carbons (Fsp3) is 0.333. The summed E-state index contributed by atoms with van der Waals surface area (Å²) in [6, 6.07) is 0. The molecule has 0 rings (SSSR count). The summed E-state index contributed by atoms with van der Waals surface area (Å²) >= 11 is 0. The Morgan fingerprint density at radius 2 is 2.00 bits per heavy atom. The normalized spacial score (nSPS) is 12.8. The van der Waals surface area contributed by atoms with Crippen molar-refractivity contribution in [2.24, 2.45) is 5.73 Å². The SMILES string of the molecule is NC=CCO[Si](O)(O)O. The maximum absolute atomic E-state index is 8.20. The summed E-state index contributed by atoms with van der Waals surface area (Å²) in [5.41, 5.74) is 4.87. The molecule has 0 unspecified atom stereocenters. The van der Waals surface area contributed by atoms with Crippen LogP contribution in [0.15, 0.2) is 12.3 Å². The van der Waals surface area contributed by atoms with Crippen molar-refractivity contribution in [1.82, 2.24) is 0 Å². The smallest absolute Gasteiger partial charge is 0.405 e. The van der Waals surface area contributed by atoms with Crippen LogP contribution in [0.1, 0.15) is 0 Å². The molecule has 0 spiro atoms. The molecule has 0 aliphatic carbocycles. The minimum Gasteiger partial charge on any atom is -0.405 e. The molecular formula is C3H9NO4Si. The Labute approximate surface area is 53.5 Å². The Morgan fingerprint density at radius 1 is 1.44 bits per heavy atom. The third-order valence-electron chi connectivity index (χ3n) is 0.509. The lowest BCUT2D eigenvalue weighted by atomic mass is 10.7. The van der Waals surface area contributed by atoms with Crippen molar-refractivity contribution in [2.75, 3.05) is 6.61 Å². The third-order valence-corrected chi connectivity index (χ3v) is 1.06. The molecule has 5 nitrogen and oxygen atoms in total. The lowest BCUT2D eigenvalue weighted by Gasteiger charge is -2.06. The standard InChI is InChI=1S/C3H9NO4Si/c4-2-1-3-8-9(5,6)7/h1-2,5-7H,3-4H2. The van der Waals surface area contributed by atoms with Crippen LogP contribution in [0.3, 0.4) is 0 Å². The van der Waals surface area contributed by atoms with Gasteiger partial charge >= 0.3 is 9.05 Å². The van der Waals surface area contributed by atoms with E-state index in [0.29, 0.717) is 0 Å². The van der Waals surface area contributed by atoms with Crippen LogP contribution in [-0.4, -0.2) is 30.0 Å². The monoisotopic (exact) mass is 151 g/mol. The molecule has 0 aliphatic rings. The molecule has 6 heteroatoms. The number of nitrogens with two attached hydrogens (primary N) is 1. The van der Waals surface area contributed by atoms with E-state index in [1.807, 2.05) is 0 Å². The maximum atomic E-state index is 8.20. The van der Waals surface area contributed by atoms with Crippen LogP contribution >= 0.6 is 0 Å². The average molecular weight is 151 g/mol. The molecule has 0 bridgehead atoms. The van der Waals surface area contributed by atoms with E-state index in [0.717, 1.165) is 0 Å². The topological polar surface area (TPSA) is 95.9 Å². The highest BCUT2D eigenvalue weighted by atomic mass is 28.4. The van der Waals surface area contributed by atoms with Crippen molar-refractivity contribution in [2.45, 2.75) is 0 Å². The van der Waals surface area contributed by atoms with Gasteiger partial charge in [-0.2, -0.15) is 0 Å². The highest BCUT2D eigenvalue weighted by Crippen LogP contribution is 1.87. The molecule has 5 N–H and O–H groups in total. The molecule has 0 aromatic rings. The molecule has 0 aromatic carbocycles. The first-order valence-corrected chi connectivity index (χ1v) is 3.99. The van der Waals surface area contributed by atoms with E-state index in [1.54, 1.807) is 0 Å². The van der Waals surface area contributed by atoms with Crippen LogP contribution in [-0.2, 0) is 4.43 Å². The fourth-order valence-corrected chi connectivity index (χ4v) is 0.535. The number of hydrogen-bond donors (Lipinski definition) is 4. The summed E-state index contributed by atoms with van der Waals surface area (Å²) in [7, 11) is -4.30. The quantitative estimate of drug-likeness (QED) is 0.346. The number of hydrogen-bond acceptors (Lipinski definition) is 5. The van der Waals surface area contributed by atoms with Crippen LogP contribution in [0.5, 0.6) is 0 Å². The van der Waals surface area contributed by atoms with E-state index in [-0.39, 0.29) is 6.61 Å². The van der Waals surface area contributed by atoms with Crippen LogP contribution in [0, 0.1) is 0 Å². The van der Waals surface area contributed by atoms with Crippen LogP contribution in [0.2, 0.25) is 0 Å². The van der Waals surface area contributed by atoms with Gasteiger partial charge in [0.1, 0.15) is 0 Å². The summed E-state index contributed by atoms with van der Waals surface area (Å²) in [4.78, 5) is 24.6. The van der Waals surface area contributed by atoms with Gasteiger partial charge in [-0.25, -0.2) is 0 Å². The van der Waals surface area contributed by atoms with Crippen LogP contribution < -0.4 is 5.73 Å². The molecule has 0 fully saturated rings.